The molecule has 3 rings (SSSR count). The number of hydrogen-bond donors (Lipinski definition) is 2. The van der Waals surface area contributed by atoms with E-state index >= 15 is 0 Å². The van der Waals surface area contributed by atoms with Gasteiger partial charge in [-0.05, 0) is 31.5 Å². The van der Waals surface area contributed by atoms with Crippen molar-refractivity contribution >= 4 is 29.2 Å². The fourth-order valence-corrected chi connectivity index (χ4v) is 3.32. The summed E-state index contributed by atoms with van der Waals surface area (Å²) in [6.07, 6.45) is 0.372. The van der Waals surface area contributed by atoms with Gasteiger partial charge in [-0.15, -0.1) is 0 Å². The van der Waals surface area contributed by atoms with E-state index in [0.717, 1.165) is 5.56 Å². The third-order valence-electron chi connectivity index (χ3n) is 4.83. The van der Waals surface area contributed by atoms with E-state index in [9.17, 15) is 14.4 Å². The molecule has 0 radical (unpaired) electrons. The van der Waals surface area contributed by atoms with E-state index in [4.69, 9.17) is 4.74 Å². The Morgan fingerprint density at radius 2 is 1.83 bits per heavy atom. The zero-order valence-electron chi connectivity index (χ0n) is 16.6. The second kappa shape index (κ2) is 8.87. The van der Waals surface area contributed by atoms with Gasteiger partial charge in [0.25, 0.3) is 0 Å². The predicted octanol–water partition coefficient (Wildman–Crippen LogP) is 2.13. The van der Waals surface area contributed by atoms with Crippen LogP contribution in [0.1, 0.15) is 19.4 Å². The highest BCUT2D eigenvalue weighted by Gasteiger charge is 2.36. The van der Waals surface area contributed by atoms with Gasteiger partial charge in [0.2, 0.25) is 11.8 Å². The molecule has 1 atom stereocenters. The number of ether oxygens (including phenoxy) is 1. The summed E-state index contributed by atoms with van der Waals surface area (Å²) in [7, 11) is 0. The lowest BCUT2D eigenvalue weighted by molar-refractivity contribution is -0.150. The van der Waals surface area contributed by atoms with Crippen molar-refractivity contribution in [2.75, 3.05) is 29.9 Å². The molecule has 0 saturated carbocycles. The van der Waals surface area contributed by atoms with Gasteiger partial charge in [-0.25, -0.2) is 0 Å². The maximum absolute atomic E-state index is 12.9. The van der Waals surface area contributed by atoms with Crippen LogP contribution in [0.2, 0.25) is 0 Å². The summed E-state index contributed by atoms with van der Waals surface area (Å²) in [6.45, 7) is 3.55. The van der Waals surface area contributed by atoms with Crippen LogP contribution in [-0.4, -0.2) is 43.0 Å². The molecule has 7 nitrogen and oxygen atoms in total. The number of nitrogens with one attached hydrogen (secondary N) is 2. The van der Waals surface area contributed by atoms with E-state index in [0.29, 0.717) is 17.8 Å². The van der Waals surface area contributed by atoms with E-state index in [2.05, 4.69) is 10.6 Å². The molecule has 29 heavy (non-hydrogen) atoms. The molecular weight excluding hydrogens is 370 g/mol. The second-order valence-electron chi connectivity index (χ2n) is 7.11. The number of esters is 1. The van der Waals surface area contributed by atoms with Crippen LogP contribution in [0.4, 0.5) is 11.4 Å². The third kappa shape index (κ3) is 4.81. The molecule has 2 N–H and O–H groups in total. The van der Waals surface area contributed by atoms with Crippen molar-refractivity contribution in [1.82, 2.24) is 5.32 Å². The van der Waals surface area contributed by atoms with Crippen molar-refractivity contribution in [3.8, 4) is 0 Å². The SMILES string of the molecule is CCOC(=O)[C@](C)(Cc1ccccc1)NCC(=O)N1CC(=O)Nc2ccccc21. The maximum Gasteiger partial charge on any atom is 0.326 e. The summed E-state index contributed by atoms with van der Waals surface area (Å²) in [4.78, 5) is 39.0. The first kappa shape index (κ1) is 20.5. The first-order valence-electron chi connectivity index (χ1n) is 9.58. The van der Waals surface area contributed by atoms with Crippen LogP contribution in [0, 0.1) is 0 Å². The summed E-state index contributed by atoms with van der Waals surface area (Å²) >= 11 is 0. The molecule has 152 valence electrons. The fraction of sp³-hybridized carbons (Fsp3) is 0.318. The van der Waals surface area contributed by atoms with E-state index in [1.165, 1.54) is 4.90 Å². The summed E-state index contributed by atoms with van der Waals surface area (Å²) in [6, 6.07) is 16.7. The zero-order chi connectivity index (χ0) is 20.9. The summed E-state index contributed by atoms with van der Waals surface area (Å²) in [5, 5.41) is 5.83. The molecule has 7 heteroatoms. The van der Waals surface area contributed by atoms with Crippen molar-refractivity contribution < 1.29 is 19.1 Å². The number of amides is 2. The number of benzene rings is 2. The minimum atomic E-state index is -1.08. The quantitative estimate of drug-likeness (QED) is 0.702. The molecule has 0 unspecified atom stereocenters. The Hall–Kier alpha value is -3.19. The first-order chi connectivity index (χ1) is 13.9. The third-order valence-corrected chi connectivity index (χ3v) is 4.83. The minimum Gasteiger partial charge on any atom is -0.465 e. The standard InChI is InChI=1S/C22H25N3O4/c1-3-29-21(28)22(2,13-16-9-5-4-6-10-16)23-14-20(27)25-15-19(26)24-17-11-7-8-12-18(17)25/h4-12,23H,3,13-15H2,1-2H3,(H,24,26)/t22-/m0/s1. The van der Waals surface area contributed by atoms with E-state index < -0.39 is 11.5 Å². The van der Waals surface area contributed by atoms with Crippen molar-refractivity contribution in [1.29, 1.82) is 0 Å². The Kier molecular flexibility index (Phi) is 6.29. The van der Waals surface area contributed by atoms with Crippen LogP contribution >= 0.6 is 0 Å². The normalized spacial score (nSPS) is 15.1. The summed E-state index contributed by atoms with van der Waals surface area (Å²) in [5.74, 6) is -0.973. The number of anilines is 2. The smallest absolute Gasteiger partial charge is 0.326 e. The number of para-hydroxylation sites is 2. The number of hydrogen-bond acceptors (Lipinski definition) is 5. The van der Waals surface area contributed by atoms with E-state index in [-0.39, 0.29) is 31.5 Å². The van der Waals surface area contributed by atoms with E-state index in [1.54, 1.807) is 32.0 Å². The van der Waals surface area contributed by atoms with Crippen molar-refractivity contribution in [2.45, 2.75) is 25.8 Å². The molecule has 2 aromatic rings. The van der Waals surface area contributed by atoms with Crippen molar-refractivity contribution in [3.63, 3.8) is 0 Å². The van der Waals surface area contributed by atoms with Crippen LogP contribution in [0.5, 0.6) is 0 Å². The van der Waals surface area contributed by atoms with E-state index in [1.807, 2.05) is 36.4 Å². The van der Waals surface area contributed by atoms with Crippen LogP contribution in [0.25, 0.3) is 0 Å². The fourth-order valence-electron chi connectivity index (χ4n) is 3.32. The number of nitrogens with zero attached hydrogens (tertiary/aromatic N) is 1. The van der Waals surface area contributed by atoms with Crippen LogP contribution in [-0.2, 0) is 25.5 Å². The van der Waals surface area contributed by atoms with Crippen molar-refractivity contribution in [3.05, 3.63) is 60.2 Å². The number of rotatable bonds is 7. The molecule has 0 aliphatic carbocycles. The Morgan fingerprint density at radius 3 is 2.55 bits per heavy atom. The molecule has 0 bridgehead atoms. The van der Waals surface area contributed by atoms with Gasteiger partial charge < -0.3 is 10.1 Å². The molecule has 1 heterocycles. The maximum atomic E-state index is 12.9. The lowest BCUT2D eigenvalue weighted by Crippen LogP contribution is -2.56. The average molecular weight is 395 g/mol. The second-order valence-corrected chi connectivity index (χ2v) is 7.11. The molecule has 0 spiro atoms. The molecule has 1 aliphatic heterocycles. The highest BCUT2D eigenvalue weighted by Crippen LogP contribution is 2.28. The van der Waals surface area contributed by atoms with Gasteiger partial charge in [-0.2, -0.15) is 0 Å². The summed E-state index contributed by atoms with van der Waals surface area (Å²) < 4.78 is 5.24. The Bertz CT molecular complexity index is 900. The number of carbonyl (C=O) groups excluding carboxylic acids is 3. The minimum absolute atomic E-state index is 0.0632. The highest BCUT2D eigenvalue weighted by molar-refractivity contribution is 6.10. The van der Waals surface area contributed by atoms with Gasteiger partial charge in [-0.3, -0.25) is 24.6 Å². The topological polar surface area (TPSA) is 87.7 Å². The molecule has 2 aromatic carbocycles. The first-order valence-corrected chi connectivity index (χ1v) is 9.58. The Balaban J connectivity index is 1.76. The monoisotopic (exact) mass is 395 g/mol. The van der Waals surface area contributed by atoms with Gasteiger partial charge in [0, 0.05) is 6.42 Å². The molecule has 2 amide bonds. The molecule has 0 aromatic heterocycles. The lowest BCUT2D eigenvalue weighted by Gasteiger charge is -2.32. The Labute approximate surface area is 170 Å². The van der Waals surface area contributed by atoms with Gasteiger partial charge in [0.05, 0.1) is 24.5 Å². The van der Waals surface area contributed by atoms with Gasteiger partial charge in [0.15, 0.2) is 0 Å². The molecule has 0 fully saturated rings. The average Bonchev–Trinajstić information content (AvgIpc) is 2.72. The lowest BCUT2D eigenvalue weighted by atomic mass is 9.92. The number of fused-ring (bicyclic) bond motifs is 1. The van der Waals surface area contributed by atoms with Crippen LogP contribution in [0.3, 0.4) is 0 Å². The van der Waals surface area contributed by atoms with Gasteiger partial charge in [-0.1, -0.05) is 42.5 Å². The highest BCUT2D eigenvalue weighted by atomic mass is 16.5. The Morgan fingerprint density at radius 1 is 1.14 bits per heavy atom. The zero-order valence-corrected chi connectivity index (χ0v) is 16.6. The summed E-state index contributed by atoms with van der Waals surface area (Å²) in [5.41, 5.74) is 1.10. The van der Waals surface area contributed by atoms with Crippen molar-refractivity contribution in [2.24, 2.45) is 0 Å². The van der Waals surface area contributed by atoms with Gasteiger partial charge in [0.1, 0.15) is 12.1 Å². The van der Waals surface area contributed by atoms with Crippen LogP contribution in [0.15, 0.2) is 54.6 Å². The molecule has 0 saturated heterocycles. The largest absolute Gasteiger partial charge is 0.465 e. The molecule has 1 aliphatic rings. The molecular formula is C22H25N3O4. The predicted molar refractivity (Wildman–Crippen MR) is 111 cm³/mol. The number of carbonyl (C=O) groups is 3. The van der Waals surface area contributed by atoms with Crippen LogP contribution < -0.4 is 15.5 Å². The van der Waals surface area contributed by atoms with Gasteiger partial charge >= 0.3 is 5.97 Å².